The molecule has 228 valence electrons. The molecule has 2 saturated carbocycles. The van der Waals surface area contributed by atoms with Crippen LogP contribution in [-0.2, 0) is 0 Å². The number of fused-ring (bicyclic) bond motifs is 2. The molecule has 4 aromatic heterocycles. The summed E-state index contributed by atoms with van der Waals surface area (Å²) in [6, 6.07) is 4.12. The van der Waals surface area contributed by atoms with Gasteiger partial charge in [-0.2, -0.15) is 0 Å². The van der Waals surface area contributed by atoms with E-state index >= 15 is 0 Å². The van der Waals surface area contributed by atoms with E-state index in [4.69, 9.17) is 46.4 Å². The summed E-state index contributed by atoms with van der Waals surface area (Å²) in [7, 11) is 33.5. The molecule has 6 nitrogen and oxygen atoms in total. The third-order valence-electron chi connectivity index (χ3n) is 9.56. The van der Waals surface area contributed by atoms with Gasteiger partial charge in [-0.15, -0.1) is 0 Å². The van der Waals surface area contributed by atoms with E-state index in [0.717, 1.165) is 53.4 Å². The van der Waals surface area contributed by atoms with Gasteiger partial charge in [-0.1, -0.05) is 38.5 Å². The molecule has 4 heterocycles. The maximum absolute atomic E-state index is 12.6. The number of carbonyl (C=O) groups is 1. The molecule has 4 aromatic rings. The Labute approximate surface area is 329 Å². The van der Waals surface area contributed by atoms with Crippen LogP contribution in [-0.4, -0.2) is 117 Å². The molecule has 2 aliphatic carbocycles. The van der Waals surface area contributed by atoms with E-state index in [-0.39, 0.29) is 57.8 Å². The number of aryl methyl sites for hydroxylation is 2. The largest absolute Gasteiger partial charge is 1.00 e. The van der Waals surface area contributed by atoms with Crippen LogP contribution in [0.2, 0.25) is 0 Å². The van der Waals surface area contributed by atoms with Gasteiger partial charge in [0.05, 0.1) is 42.2 Å². The first kappa shape index (κ1) is 44.0. The predicted octanol–water partition coefficient (Wildman–Crippen LogP) is -0.791. The Balaban J connectivity index is 0.000000377. The van der Waals surface area contributed by atoms with Crippen LogP contribution in [0.25, 0.3) is 11.0 Å². The van der Waals surface area contributed by atoms with Gasteiger partial charge >= 0.3 is 29.6 Å². The van der Waals surface area contributed by atoms with Crippen molar-refractivity contribution in [2.45, 2.75) is 84.2 Å². The second kappa shape index (κ2) is 21.3. The van der Waals surface area contributed by atoms with Crippen molar-refractivity contribution < 1.29 is 40.9 Å². The standard InChI is InChI=1S/C15H20N2O.C15H18N2O.B11.B.Na.H/c2*1-11-7-13(14-8-16-10-17(14)9-11)15(18)12-5-3-2-4-6-12;1-7-10(6)11(8(2)3)9(4)5;;;/h7-10,12,15,18H,2-6H2,1H3;7-10,12H,2-6H2,1H3;;;;/q;;;;+1;-1. The Morgan fingerprint density at radius 1 is 0.857 bits per heavy atom. The minimum atomic E-state index is -0.648. The zero-order chi connectivity index (χ0) is 34.1. The molecule has 0 amide bonds. The summed E-state index contributed by atoms with van der Waals surface area (Å²) in [4.78, 5) is 20.9. The molecule has 2 fully saturated rings. The number of pyridine rings is 2. The van der Waals surface area contributed by atoms with Gasteiger partial charge in [0.2, 0.25) is 0 Å². The Hall–Kier alpha value is -1.21. The van der Waals surface area contributed by atoms with Crippen molar-refractivity contribution in [3.63, 3.8) is 0 Å². The second-order valence-corrected chi connectivity index (χ2v) is 13.3. The van der Waals surface area contributed by atoms with Gasteiger partial charge in [-0.25, -0.2) is 9.97 Å². The van der Waals surface area contributed by atoms with Gasteiger partial charge in [0.15, 0.2) is 5.78 Å². The van der Waals surface area contributed by atoms with E-state index in [1.165, 1.54) is 51.1 Å². The van der Waals surface area contributed by atoms with Gasteiger partial charge in [0.25, 0.3) is 0 Å². The zero-order valence-corrected chi connectivity index (χ0v) is 31.5. The van der Waals surface area contributed by atoms with Crippen LogP contribution >= 0.6 is 0 Å². The van der Waals surface area contributed by atoms with Crippen LogP contribution in [0, 0.1) is 25.7 Å². The molecule has 6 rings (SSSR count). The number of rotatable bonds is 8. The first-order valence-electron chi connectivity index (χ1n) is 16.9. The molecule has 1 atom stereocenters. The van der Waals surface area contributed by atoms with Crippen molar-refractivity contribution in [3.8, 4) is 0 Å². The number of hydrogen-bond acceptors (Lipinski definition) is 4. The average Bonchev–Trinajstić information content (AvgIpc) is 3.74. The first-order valence-corrected chi connectivity index (χ1v) is 16.9. The number of aliphatic hydroxyl groups is 1. The molecule has 19 heteroatoms. The second-order valence-electron chi connectivity index (χ2n) is 13.3. The molecular weight excluding hydrogens is 601 g/mol. The minimum Gasteiger partial charge on any atom is -1.00 e. The number of nitrogens with zero attached hydrogens (tertiary/aromatic N) is 4. The van der Waals surface area contributed by atoms with Crippen molar-refractivity contribution in [1.29, 1.82) is 0 Å². The van der Waals surface area contributed by atoms with Crippen LogP contribution in [0.15, 0.2) is 49.6 Å². The summed E-state index contributed by atoms with van der Waals surface area (Å²) in [6.07, 6.45) is 20.7. The van der Waals surface area contributed by atoms with Crippen molar-refractivity contribution >= 4 is 104 Å². The van der Waals surface area contributed by atoms with E-state index in [1.807, 2.05) is 34.2 Å². The Morgan fingerprint density at radius 2 is 1.35 bits per heavy atom. The Bertz CT molecular complexity index is 1580. The number of Topliss-reactive ketones (excluding diaryl/α,β-unsaturated/α-hetero) is 1. The van der Waals surface area contributed by atoms with Crippen LogP contribution < -0.4 is 29.6 Å². The van der Waals surface area contributed by atoms with E-state index in [0.29, 0.717) is 11.7 Å². The molecule has 0 saturated heterocycles. The van der Waals surface area contributed by atoms with Crippen LogP contribution in [0.3, 0.4) is 0 Å². The number of aliphatic hydroxyl groups excluding tert-OH is 1. The summed E-state index contributed by atoms with van der Waals surface area (Å²) in [5.41, 5.74) is 6.15. The number of hydrogen-bond donors (Lipinski definition) is 1. The smallest absolute Gasteiger partial charge is 1.00 e. The molecule has 1 N–H and O–H groups in total. The average molecular weight is 640 g/mol. The topological polar surface area (TPSA) is 71.9 Å². The number of imidazole rings is 2. The third kappa shape index (κ3) is 11.9. The van der Waals surface area contributed by atoms with Gasteiger partial charge in [0.1, 0.15) is 0 Å². The van der Waals surface area contributed by atoms with Crippen molar-refractivity contribution in [1.82, 2.24) is 18.8 Å². The number of aromatic nitrogens is 4. The van der Waals surface area contributed by atoms with E-state index in [2.05, 4.69) is 29.2 Å². The van der Waals surface area contributed by atoms with Crippen molar-refractivity contribution in [3.05, 3.63) is 71.8 Å². The Morgan fingerprint density at radius 3 is 1.86 bits per heavy atom. The molecule has 2 aliphatic rings. The molecule has 49 heavy (non-hydrogen) atoms. The van der Waals surface area contributed by atoms with E-state index in [9.17, 15) is 9.90 Å². The molecule has 16 radical (unpaired) electrons. The van der Waals surface area contributed by atoms with E-state index < -0.39 is 19.2 Å². The molecule has 0 aromatic carbocycles. The maximum Gasteiger partial charge on any atom is 1.00 e. The minimum absolute atomic E-state index is 0. The first-order chi connectivity index (χ1) is 22.5. The molecule has 0 bridgehead atoms. The van der Waals surface area contributed by atoms with Crippen LogP contribution in [0.5, 0.6) is 0 Å². The molecule has 1 unspecified atom stereocenters. The molecular formula is C30H39B12N4NaO2. The fourth-order valence-corrected chi connectivity index (χ4v) is 7.00. The third-order valence-corrected chi connectivity index (χ3v) is 9.56. The SMILES string of the molecule is Cc1cc(C(=O)C2CCCCC2)c2cncn2c1.Cc1cc(C(O)C2CCCCC2)c2cncn2c1.[B].[B][B]B([B])B(B([B])[B])B([B])[B].[H-].[Na+]. The number of ketones is 1. The number of carbonyl (C=O) groups excluding carboxylic acids is 1. The maximum atomic E-state index is 12.6. The van der Waals surface area contributed by atoms with Gasteiger partial charge < -0.3 is 15.3 Å². The van der Waals surface area contributed by atoms with Gasteiger partial charge in [-0.05, 0) is 68.7 Å². The predicted molar refractivity (Wildman–Crippen MR) is 212 cm³/mol. The van der Waals surface area contributed by atoms with Gasteiger partial charge in [-0.3, -0.25) is 4.79 Å². The van der Waals surface area contributed by atoms with Gasteiger partial charge in [0, 0.05) is 117 Å². The monoisotopic (exact) mass is 642 g/mol. The molecule has 0 spiro atoms. The fourth-order valence-electron chi connectivity index (χ4n) is 7.00. The quantitative estimate of drug-likeness (QED) is 0.203. The summed E-state index contributed by atoms with van der Waals surface area (Å²) >= 11 is 0. The zero-order valence-electron chi connectivity index (χ0n) is 30.5. The summed E-state index contributed by atoms with van der Waals surface area (Å²) in [5, 5.41) is 10.6. The van der Waals surface area contributed by atoms with Crippen molar-refractivity contribution in [2.24, 2.45) is 11.8 Å². The fraction of sp³-hybridized carbons (Fsp3) is 0.500. The summed E-state index contributed by atoms with van der Waals surface area (Å²) in [6.45, 7) is 4.09. The van der Waals surface area contributed by atoms with E-state index in [1.54, 1.807) is 18.9 Å². The normalized spacial score (nSPS) is 15.2. The Kier molecular flexibility index (Phi) is 19.1. The van der Waals surface area contributed by atoms with Crippen molar-refractivity contribution in [2.75, 3.05) is 0 Å². The van der Waals surface area contributed by atoms with Crippen LogP contribution in [0.4, 0.5) is 0 Å². The summed E-state index contributed by atoms with van der Waals surface area (Å²) in [5.74, 6) is 0.947. The molecule has 0 aliphatic heterocycles. The van der Waals surface area contributed by atoms with Crippen LogP contribution in [0.1, 0.15) is 98.8 Å². The summed E-state index contributed by atoms with van der Waals surface area (Å²) < 4.78 is 3.96.